The molecule has 0 saturated carbocycles. The number of imide groups is 1. The highest BCUT2D eigenvalue weighted by molar-refractivity contribution is 6.03. The number of amides is 2. The SMILES string of the molecule is COc1ccccc1CC1CC(=O)N(CCN2CCOCC2)C1=O. The summed E-state index contributed by atoms with van der Waals surface area (Å²) in [6.07, 6.45) is 0.836. The maximum atomic E-state index is 12.6. The molecule has 2 fully saturated rings. The molecule has 3 rings (SSSR count). The Morgan fingerprint density at radius 1 is 1.17 bits per heavy atom. The lowest BCUT2D eigenvalue weighted by Crippen LogP contribution is -2.43. The normalized spacial score (nSPS) is 22.2. The maximum absolute atomic E-state index is 12.6. The molecule has 0 N–H and O–H groups in total. The van der Waals surface area contributed by atoms with Crippen LogP contribution in [0.4, 0.5) is 0 Å². The van der Waals surface area contributed by atoms with E-state index in [0.717, 1.165) is 44.2 Å². The van der Waals surface area contributed by atoms with Gasteiger partial charge in [-0.2, -0.15) is 0 Å². The number of carbonyl (C=O) groups is 2. The molecule has 1 atom stereocenters. The molecule has 0 aliphatic carbocycles. The van der Waals surface area contributed by atoms with Crippen molar-refractivity contribution in [3.8, 4) is 5.75 Å². The van der Waals surface area contributed by atoms with Crippen LogP contribution in [-0.2, 0) is 20.7 Å². The first-order valence-electron chi connectivity index (χ1n) is 8.45. The highest BCUT2D eigenvalue weighted by Gasteiger charge is 2.38. The Kier molecular flexibility index (Phi) is 5.48. The van der Waals surface area contributed by atoms with Crippen LogP contribution in [0.25, 0.3) is 0 Å². The summed E-state index contributed by atoms with van der Waals surface area (Å²) in [6.45, 7) is 4.36. The van der Waals surface area contributed by atoms with Crippen molar-refractivity contribution in [1.29, 1.82) is 0 Å². The van der Waals surface area contributed by atoms with E-state index in [2.05, 4.69) is 4.90 Å². The zero-order valence-corrected chi connectivity index (χ0v) is 14.1. The van der Waals surface area contributed by atoms with Crippen molar-refractivity contribution >= 4 is 11.8 Å². The first kappa shape index (κ1) is 16.9. The van der Waals surface area contributed by atoms with E-state index in [-0.39, 0.29) is 17.7 Å². The molecule has 2 aliphatic heterocycles. The van der Waals surface area contributed by atoms with Gasteiger partial charge in [-0.3, -0.25) is 19.4 Å². The van der Waals surface area contributed by atoms with Gasteiger partial charge < -0.3 is 9.47 Å². The fourth-order valence-electron chi connectivity index (χ4n) is 3.35. The minimum Gasteiger partial charge on any atom is -0.496 e. The lowest BCUT2D eigenvalue weighted by atomic mass is 9.97. The number of rotatable bonds is 6. The summed E-state index contributed by atoms with van der Waals surface area (Å²) in [5, 5.41) is 0. The van der Waals surface area contributed by atoms with Gasteiger partial charge >= 0.3 is 0 Å². The van der Waals surface area contributed by atoms with Crippen LogP contribution in [0.1, 0.15) is 12.0 Å². The number of ether oxygens (including phenoxy) is 2. The first-order valence-corrected chi connectivity index (χ1v) is 8.45. The van der Waals surface area contributed by atoms with Crippen molar-refractivity contribution < 1.29 is 19.1 Å². The lowest BCUT2D eigenvalue weighted by Gasteiger charge is -2.28. The highest BCUT2D eigenvalue weighted by Crippen LogP contribution is 2.27. The van der Waals surface area contributed by atoms with Crippen LogP contribution >= 0.6 is 0 Å². The Morgan fingerprint density at radius 2 is 1.92 bits per heavy atom. The smallest absolute Gasteiger partial charge is 0.233 e. The van der Waals surface area contributed by atoms with Crippen molar-refractivity contribution in [2.75, 3.05) is 46.5 Å². The summed E-state index contributed by atoms with van der Waals surface area (Å²) in [5.41, 5.74) is 0.973. The number of benzene rings is 1. The second-order valence-electron chi connectivity index (χ2n) is 6.25. The van der Waals surface area contributed by atoms with Crippen molar-refractivity contribution in [3.63, 3.8) is 0 Å². The summed E-state index contributed by atoms with van der Waals surface area (Å²) in [7, 11) is 1.62. The zero-order chi connectivity index (χ0) is 16.9. The van der Waals surface area contributed by atoms with Gasteiger partial charge in [0.2, 0.25) is 11.8 Å². The minimum atomic E-state index is -0.279. The van der Waals surface area contributed by atoms with E-state index in [1.54, 1.807) is 7.11 Å². The van der Waals surface area contributed by atoms with Gasteiger partial charge in [-0.05, 0) is 18.1 Å². The predicted molar refractivity (Wildman–Crippen MR) is 88.8 cm³/mol. The third kappa shape index (κ3) is 3.76. The topological polar surface area (TPSA) is 59.1 Å². The molecule has 1 aromatic carbocycles. The Bertz CT molecular complexity index is 598. The Labute approximate surface area is 142 Å². The van der Waals surface area contributed by atoms with Crippen molar-refractivity contribution in [2.45, 2.75) is 12.8 Å². The standard InChI is InChI=1S/C18H24N2O4/c1-23-16-5-3-2-4-14(16)12-15-13-17(21)20(18(15)22)7-6-19-8-10-24-11-9-19/h2-5,15H,6-13H2,1H3. The van der Waals surface area contributed by atoms with Gasteiger partial charge in [0.25, 0.3) is 0 Å². The number of carbonyl (C=O) groups excluding carboxylic acids is 2. The quantitative estimate of drug-likeness (QED) is 0.726. The molecular weight excluding hydrogens is 308 g/mol. The first-order chi connectivity index (χ1) is 11.7. The fourth-order valence-corrected chi connectivity index (χ4v) is 3.35. The van der Waals surface area contributed by atoms with Gasteiger partial charge in [0.1, 0.15) is 5.75 Å². The van der Waals surface area contributed by atoms with Gasteiger partial charge in [0.05, 0.1) is 26.2 Å². The van der Waals surface area contributed by atoms with Crippen molar-refractivity contribution in [1.82, 2.24) is 9.80 Å². The average molecular weight is 332 g/mol. The van der Waals surface area contributed by atoms with E-state index in [1.807, 2.05) is 24.3 Å². The zero-order valence-electron chi connectivity index (χ0n) is 14.1. The van der Waals surface area contributed by atoms with Crippen LogP contribution in [0.15, 0.2) is 24.3 Å². The number of likely N-dealkylation sites (tertiary alicyclic amines) is 1. The largest absolute Gasteiger partial charge is 0.496 e. The van der Waals surface area contributed by atoms with Crippen LogP contribution in [-0.4, -0.2) is 68.1 Å². The lowest BCUT2D eigenvalue weighted by molar-refractivity contribution is -0.139. The van der Waals surface area contributed by atoms with Gasteiger partial charge in [0.15, 0.2) is 0 Å². The number of para-hydroxylation sites is 1. The van der Waals surface area contributed by atoms with E-state index < -0.39 is 0 Å². The van der Waals surface area contributed by atoms with Gasteiger partial charge in [0, 0.05) is 32.6 Å². The molecule has 2 saturated heterocycles. The van der Waals surface area contributed by atoms with Crippen LogP contribution in [0, 0.1) is 5.92 Å². The van der Waals surface area contributed by atoms with Crippen LogP contribution in [0.2, 0.25) is 0 Å². The molecule has 2 amide bonds. The second-order valence-corrected chi connectivity index (χ2v) is 6.25. The molecule has 0 aromatic heterocycles. The summed E-state index contributed by atoms with van der Waals surface area (Å²) in [5.74, 6) is 0.371. The third-order valence-corrected chi connectivity index (χ3v) is 4.74. The number of hydrogen-bond donors (Lipinski definition) is 0. The molecule has 24 heavy (non-hydrogen) atoms. The average Bonchev–Trinajstić information content (AvgIpc) is 2.88. The molecule has 1 unspecified atom stereocenters. The molecule has 1 aromatic rings. The van der Waals surface area contributed by atoms with Gasteiger partial charge in [-0.1, -0.05) is 18.2 Å². The highest BCUT2D eigenvalue weighted by atomic mass is 16.5. The number of morpholine rings is 1. The molecule has 130 valence electrons. The maximum Gasteiger partial charge on any atom is 0.233 e. The van der Waals surface area contributed by atoms with Crippen molar-refractivity contribution in [3.05, 3.63) is 29.8 Å². The second kappa shape index (κ2) is 7.77. The molecule has 6 nitrogen and oxygen atoms in total. The number of nitrogens with zero attached hydrogens (tertiary/aromatic N) is 2. The molecule has 0 spiro atoms. The number of hydrogen-bond acceptors (Lipinski definition) is 5. The molecular formula is C18H24N2O4. The molecule has 0 radical (unpaired) electrons. The molecule has 0 bridgehead atoms. The predicted octanol–water partition coefficient (Wildman–Crippen LogP) is 0.945. The van der Waals surface area contributed by atoms with Gasteiger partial charge in [-0.25, -0.2) is 0 Å². The van der Waals surface area contributed by atoms with Crippen LogP contribution < -0.4 is 4.74 Å². The van der Waals surface area contributed by atoms with E-state index in [0.29, 0.717) is 19.4 Å². The molecule has 2 heterocycles. The Balaban J connectivity index is 1.59. The van der Waals surface area contributed by atoms with E-state index in [1.165, 1.54) is 4.90 Å². The monoisotopic (exact) mass is 332 g/mol. The number of methoxy groups -OCH3 is 1. The van der Waals surface area contributed by atoms with Crippen molar-refractivity contribution in [2.24, 2.45) is 5.92 Å². The minimum absolute atomic E-state index is 0.0563. The van der Waals surface area contributed by atoms with E-state index in [4.69, 9.17) is 9.47 Å². The van der Waals surface area contributed by atoms with Gasteiger partial charge in [-0.15, -0.1) is 0 Å². The van der Waals surface area contributed by atoms with Crippen LogP contribution in [0.5, 0.6) is 5.75 Å². The van der Waals surface area contributed by atoms with Crippen LogP contribution in [0.3, 0.4) is 0 Å². The summed E-state index contributed by atoms with van der Waals surface area (Å²) < 4.78 is 10.7. The molecule has 6 heteroatoms. The van der Waals surface area contributed by atoms with E-state index in [9.17, 15) is 9.59 Å². The Hall–Kier alpha value is -1.92. The van der Waals surface area contributed by atoms with E-state index >= 15 is 0 Å². The third-order valence-electron chi connectivity index (χ3n) is 4.74. The Morgan fingerprint density at radius 3 is 2.67 bits per heavy atom. The summed E-state index contributed by atoms with van der Waals surface area (Å²) in [6, 6.07) is 7.66. The molecule has 2 aliphatic rings. The summed E-state index contributed by atoms with van der Waals surface area (Å²) in [4.78, 5) is 28.5. The summed E-state index contributed by atoms with van der Waals surface area (Å²) >= 11 is 0. The fraction of sp³-hybridized carbons (Fsp3) is 0.556.